The van der Waals surface area contributed by atoms with Gasteiger partial charge in [0.2, 0.25) is 5.60 Å². The van der Waals surface area contributed by atoms with E-state index in [4.69, 9.17) is 15.6 Å². The van der Waals surface area contributed by atoms with Crippen LogP contribution in [0.2, 0.25) is 0 Å². The van der Waals surface area contributed by atoms with E-state index in [-0.39, 0.29) is 30.0 Å². The normalized spacial score (nSPS) is 22.8. The third kappa shape index (κ3) is 2.51. The van der Waals surface area contributed by atoms with Crippen molar-refractivity contribution < 1.29 is 27.8 Å². The van der Waals surface area contributed by atoms with E-state index < -0.39 is 24.3 Å². The van der Waals surface area contributed by atoms with Gasteiger partial charge in [-0.05, 0) is 24.7 Å². The molecule has 110 valence electrons. The highest BCUT2D eigenvalue weighted by molar-refractivity contribution is 5.92. The Labute approximate surface area is 112 Å². The molecule has 0 saturated carbocycles. The van der Waals surface area contributed by atoms with Gasteiger partial charge in [0.25, 0.3) is 0 Å². The molecule has 1 atom stereocenters. The average Bonchev–Trinajstić information content (AvgIpc) is 2.80. The van der Waals surface area contributed by atoms with Gasteiger partial charge >= 0.3 is 12.1 Å². The summed E-state index contributed by atoms with van der Waals surface area (Å²) in [6.07, 6.45) is -4.88. The highest BCUT2D eigenvalue weighted by Crippen LogP contribution is 2.40. The lowest BCUT2D eigenvalue weighted by Gasteiger charge is -2.32. The number of halogens is 3. The summed E-state index contributed by atoms with van der Waals surface area (Å²) >= 11 is 0. The summed E-state index contributed by atoms with van der Waals surface area (Å²) in [5, 5.41) is 11.6. The maximum atomic E-state index is 13.2. The van der Waals surface area contributed by atoms with Crippen molar-refractivity contribution in [2.75, 3.05) is 18.8 Å². The first kappa shape index (κ1) is 14.4. The Kier molecular flexibility index (Phi) is 3.51. The summed E-state index contributed by atoms with van der Waals surface area (Å²) in [5.74, 6) is -1.73. The maximum Gasteiger partial charge on any atom is 0.429 e. The summed E-state index contributed by atoms with van der Waals surface area (Å²) in [4.78, 5) is 11.1. The van der Waals surface area contributed by atoms with Crippen LogP contribution in [-0.4, -0.2) is 35.9 Å². The number of benzene rings is 1. The van der Waals surface area contributed by atoms with Crippen molar-refractivity contribution in [2.24, 2.45) is 0 Å². The van der Waals surface area contributed by atoms with E-state index >= 15 is 0 Å². The molecular formula is C12H13F3N2O3. The van der Waals surface area contributed by atoms with Crippen LogP contribution in [0.15, 0.2) is 18.2 Å². The van der Waals surface area contributed by atoms with Crippen LogP contribution in [0.3, 0.4) is 0 Å². The number of aromatic carboxylic acids is 1. The van der Waals surface area contributed by atoms with E-state index in [2.05, 4.69) is 5.32 Å². The molecule has 1 fully saturated rings. The van der Waals surface area contributed by atoms with Crippen LogP contribution in [0.1, 0.15) is 16.8 Å². The number of carboxylic acids is 1. The molecule has 5 nitrogen and oxygen atoms in total. The topological polar surface area (TPSA) is 84.6 Å². The zero-order valence-electron chi connectivity index (χ0n) is 10.3. The number of carboxylic acid groups (broad SMARTS) is 1. The van der Waals surface area contributed by atoms with Gasteiger partial charge < -0.3 is 20.9 Å². The first-order valence-electron chi connectivity index (χ1n) is 5.84. The van der Waals surface area contributed by atoms with Gasteiger partial charge in [-0.2, -0.15) is 13.2 Å². The number of alkyl halides is 3. The lowest BCUT2D eigenvalue weighted by atomic mass is 10.0. The fourth-order valence-corrected chi connectivity index (χ4v) is 2.07. The number of nitrogen functional groups attached to an aromatic ring is 1. The van der Waals surface area contributed by atoms with Gasteiger partial charge in [-0.1, -0.05) is 0 Å². The molecule has 0 aromatic heterocycles. The molecule has 0 bridgehead atoms. The van der Waals surface area contributed by atoms with Crippen molar-refractivity contribution in [3.63, 3.8) is 0 Å². The predicted molar refractivity (Wildman–Crippen MR) is 64.7 cm³/mol. The summed E-state index contributed by atoms with van der Waals surface area (Å²) in [6.45, 7) is -0.267. The highest BCUT2D eigenvalue weighted by Gasteiger charge is 2.59. The van der Waals surface area contributed by atoms with Crippen LogP contribution in [0, 0.1) is 0 Å². The molecule has 1 unspecified atom stereocenters. The number of hydrogen-bond acceptors (Lipinski definition) is 4. The number of hydrogen-bond donors (Lipinski definition) is 3. The second-order valence-corrected chi connectivity index (χ2v) is 4.58. The molecule has 2 rings (SSSR count). The monoisotopic (exact) mass is 290 g/mol. The van der Waals surface area contributed by atoms with Gasteiger partial charge in [-0.15, -0.1) is 0 Å². The van der Waals surface area contributed by atoms with E-state index in [1.807, 2.05) is 0 Å². The molecule has 0 amide bonds. The first-order valence-corrected chi connectivity index (χ1v) is 5.84. The van der Waals surface area contributed by atoms with E-state index in [1.165, 1.54) is 6.07 Å². The summed E-state index contributed by atoms with van der Waals surface area (Å²) in [7, 11) is 0. The molecule has 0 aliphatic carbocycles. The lowest BCUT2D eigenvalue weighted by Crippen LogP contribution is -2.52. The molecule has 0 radical (unpaired) electrons. The average molecular weight is 290 g/mol. The molecule has 20 heavy (non-hydrogen) atoms. The number of carbonyl (C=O) groups is 1. The fraction of sp³-hybridized carbons (Fsp3) is 0.417. The minimum Gasteiger partial charge on any atom is -0.478 e. The Balaban J connectivity index is 2.40. The number of ether oxygens (including phenoxy) is 1. The minimum atomic E-state index is -4.60. The van der Waals surface area contributed by atoms with E-state index in [0.29, 0.717) is 0 Å². The van der Waals surface area contributed by atoms with Crippen molar-refractivity contribution >= 4 is 11.7 Å². The Morgan fingerprint density at radius 3 is 2.65 bits per heavy atom. The number of nitrogens with two attached hydrogens (primary N) is 1. The van der Waals surface area contributed by atoms with Gasteiger partial charge in [0.05, 0.1) is 0 Å². The smallest absolute Gasteiger partial charge is 0.429 e. The molecule has 8 heteroatoms. The molecule has 1 aromatic rings. The van der Waals surface area contributed by atoms with E-state index in [9.17, 15) is 18.0 Å². The van der Waals surface area contributed by atoms with Crippen molar-refractivity contribution in [3.05, 3.63) is 23.8 Å². The second-order valence-electron chi connectivity index (χ2n) is 4.58. The third-order valence-electron chi connectivity index (χ3n) is 3.17. The molecule has 1 aliphatic heterocycles. The Morgan fingerprint density at radius 2 is 2.15 bits per heavy atom. The Bertz CT molecular complexity index is 525. The van der Waals surface area contributed by atoms with Crippen molar-refractivity contribution in [1.82, 2.24) is 5.32 Å². The molecule has 1 aromatic carbocycles. The molecule has 1 aliphatic rings. The molecule has 0 spiro atoms. The zero-order valence-corrected chi connectivity index (χ0v) is 10.3. The fourth-order valence-electron chi connectivity index (χ4n) is 2.07. The molecule has 1 saturated heterocycles. The van der Waals surface area contributed by atoms with Crippen LogP contribution in [0.25, 0.3) is 0 Å². The molecule has 1 heterocycles. The van der Waals surface area contributed by atoms with Gasteiger partial charge in [0, 0.05) is 18.7 Å². The van der Waals surface area contributed by atoms with Crippen LogP contribution >= 0.6 is 0 Å². The maximum absolute atomic E-state index is 13.2. The standard InChI is InChI=1S/C12H13F3N2O3/c13-12(14,15)11(3-4-17-6-11)20-9-2-1-7(16)5-8(9)10(18)19/h1-2,5,17H,3-4,6,16H2,(H,18,19). The molecular weight excluding hydrogens is 277 g/mol. The number of rotatable bonds is 3. The number of nitrogens with one attached hydrogen (secondary N) is 1. The van der Waals surface area contributed by atoms with Crippen LogP contribution in [-0.2, 0) is 0 Å². The summed E-state index contributed by atoms with van der Waals surface area (Å²) in [5.41, 5.74) is 2.78. The largest absolute Gasteiger partial charge is 0.478 e. The van der Waals surface area contributed by atoms with Gasteiger partial charge in [0.1, 0.15) is 11.3 Å². The van der Waals surface area contributed by atoms with Gasteiger partial charge in [-0.3, -0.25) is 0 Å². The highest BCUT2D eigenvalue weighted by atomic mass is 19.4. The zero-order chi connectivity index (χ0) is 15.0. The summed E-state index contributed by atoms with van der Waals surface area (Å²) in [6, 6.07) is 3.52. The Morgan fingerprint density at radius 1 is 1.45 bits per heavy atom. The third-order valence-corrected chi connectivity index (χ3v) is 3.17. The quantitative estimate of drug-likeness (QED) is 0.737. The van der Waals surface area contributed by atoms with Gasteiger partial charge in [0.15, 0.2) is 0 Å². The second kappa shape index (κ2) is 4.86. The minimum absolute atomic E-state index is 0.139. The first-order chi connectivity index (χ1) is 9.25. The SMILES string of the molecule is Nc1ccc(OC2(C(F)(F)F)CCNC2)c(C(=O)O)c1. The van der Waals surface area contributed by atoms with E-state index in [0.717, 1.165) is 12.1 Å². The number of anilines is 1. The van der Waals surface area contributed by atoms with E-state index in [1.54, 1.807) is 0 Å². The van der Waals surface area contributed by atoms with Crippen LogP contribution in [0.4, 0.5) is 18.9 Å². The van der Waals surface area contributed by atoms with Crippen molar-refractivity contribution in [2.45, 2.75) is 18.2 Å². The predicted octanol–water partition coefficient (Wildman–Crippen LogP) is 1.64. The van der Waals surface area contributed by atoms with Gasteiger partial charge in [-0.25, -0.2) is 4.79 Å². The summed E-state index contributed by atoms with van der Waals surface area (Å²) < 4.78 is 44.6. The Hall–Kier alpha value is -1.96. The van der Waals surface area contributed by atoms with Crippen molar-refractivity contribution in [1.29, 1.82) is 0 Å². The lowest BCUT2D eigenvalue weighted by molar-refractivity contribution is -0.240. The molecule has 4 N–H and O–H groups in total. The van der Waals surface area contributed by atoms with Crippen LogP contribution < -0.4 is 15.8 Å². The van der Waals surface area contributed by atoms with Crippen molar-refractivity contribution in [3.8, 4) is 5.75 Å². The van der Waals surface area contributed by atoms with Crippen LogP contribution in [0.5, 0.6) is 5.75 Å².